The Morgan fingerprint density at radius 1 is 0.275 bits per heavy atom. The van der Waals surface area contributed by atoms with E-state index < -0.39 is 0 Å². The maximum atomic E-state index is 5.41. The maximum Gasteiger partial charge on any atom is 0.0701 e. The van der Waals surface area contributed by atoms with Gasteiger partial charge < -0.3 is 58.8 Å². The number of hydrogen-bond acceptors (Lipinski definition) is 12. The predicted molar refractivity (Wildman–Crippen MR) is 156 cm³/mol. The van der Waals surface area contributed by atoms with Gasteiger partial charge >= 0.3 is 0 Å². The summed E-state index contributed by atoms with van der Waals surface area (Å²) in [6, 6.07) is 0. The van der Waals surface area contributed by atoms with E-state index in [9.17, 15) is 0 Å². The Hall–Kier alpha value is -0.480. The topological polar surface area (TPSA) is 144 Å². The summed E-state index contributed by atoms with van der Waals surface area (Å²) in [6.07, 6.45) is 4.64. The minimum Gasteiger partial charge on any atom is -0.379 e. The summed E-state index contributed by atoms with van der Waals surface area (Å²) in [6.45, 7) is 17.7. The van der Waals surface area contributed by atoms with Crippen molar-refractivity contribution in [2.24, 2.45) is 11.5 Å². The molecule has 0 atom stereocenters. The highest BCUT2D eigenvalue weighted by Crippen LogP contribution is 1.94. The van der Waals surface area contributed by atoms with Gasteiger partial charge in [0.05, 0.1) is 119 Å². The fraction of sp³-hybridized carbons (Fsp3) is 1.00. The lowest BCUT2D eigenvalue weighted by molar-refractivity contribution is -0.0163. The average molecular weight is 587 g/mol. The molecule has 12 heteroatoms. The van der Waals surface area contributed by atoms with Crippen LogP contribution in [0.25, 0.3) is 0 Å². The molecule has 0 heterocycles. The van der Waals surface area contributed by atoms with E-state index in [1.54, 1.807) is 0 Å². The van der Waals surface area contributed by atoms with Crippen LogP contribution in [0, 0.1) is 0 Å². The molecule has 0 aliphatic heterocycles. The molecule has 0 rings (SSSR count). The summed E-state index contributed by atoms with van der Waals surface area (Å²) in [5, 5.41) is 0. The van der Waals surface area contributed by atoms with Gasteiger partial charge in [0.1, 0.15) is 0 Å². The van der Waals surface area contributed by atoms with Crippen molar-refractivity contribution in [1.29, 1.82) is 0 Å². The molecular weight excluding hydrogens is 524 g/mol. The second kappa shape index (κ2) is 43.0. The second-order valence-corrected chi connectivity index (χ2v) is 8.41. The predicted octanol–water partition coefficient (Wildman–Crippen LogP) is 1.66. The van der Waals surface area contributed by atoms with Crippen LogP contribution in [0.3, 0.4) is 0 Å². The van der Waals surface area contributed by atoms with Crippen molar-refractivity contribution in [3.63, 3.8) is 0 Å². The molecule has 0 aromatic rings. The third kappa shape index (κ3) is 44.5. The summed E-state index contributed by atoms with van der Waals surface area (Å²) in [5.41, 5.74) is 10.6. The van der Waals surface area contributed by atoms with Crippen LogP contribution in [0.4, 0.5) is 0 Å². The summed E-state index contributed by atoms with van der Waals surface area (Å²) in [5.74, 6) is 0. The average Bonchev–Trinajstić information content (AvgIpc) is 2.97. The first-order chi connectivity index (χ1) is 19.8. The lowest BCUT2D eigenvalue weighted by Crippen LogP contribution is -2.15. The molecule has 244 valence electrons. The number of unbranched alkanes of at least 4 members (excludes halogenated alkanes) is 2. The minimum absolute atomic E-state index is 0.542. The van der Waals surface area contributed by atoms with Gasteiger partial charge in [-0.05, 0) is 12.8 Å². The quantitative estimate of drug-likeness (QED) is 0.106. The highest BCUT2D eigenvalue weighted by atomic mass is 16.6. The fourth-order valence-electron chi connectivity index (χ4n) is 2.73. The first-order valence-electron chi connectivity index (χ1n) is 15.0. The van der Waals surface area contributed by atoms with Crippen molar-refractivity contribution in [2.45, 2.75) is 39.5 Å². The smallest absolute Gasteiger partial charge is 0.0701 e. The standard InChI is InChI=1S/C15H33NO6.C13H29NO4/c1-2-4-17-6-8-19-10-12-21-14-15-22-13-11-20-9-7-18-5-3-16;1-2-3-4-6-15-8-10-17-12-13-18-11-9-16-7-5-14/h2-16H2,1H3;2-14H2,1H3. The molecule has 0 aliphatic carbocycles. The Balaban J connectivity index is 0. The van der Waals surface area contributed by atoms with E-state index in [0.29, 0.717) is 132 Å². The third-order valence-electron chi connectivity index (χ3n) is 4.74. The summed E-state index contributed by atoms with van der Waals surface area (Å²) < 4.78 is 53.1. The van der Waals surface area contributed by atoms with Crippen molar-refractivity contribution in [3.8, 4) is 0 Å². The van der Waals surface area contributed by atoms with Crippen LogP contribution < -0.4 is 11.5 Å². The molecule has 0 aliphatic rings. The van der Waals surface area contributed by atoms with E-state index in [2.05, 4.69) is 13.8 Å². The van der Waals surface area contributed by atoms with Crippen LogP contribution in [-0.2, 0) is 47.4 Å². The molecule has 4 N–H and O–H groups in total. The first-order valence-corrected chi connectivity index (χ1v) is 15.0. The van der Waals surface area contributed by atoms with Gasteiger partial charge in [-0.25, -0.2) is 0 Å². The zero-order chi connectivity index (χ0) is 29.5. The van der Waals surface area contributed by atoms with Gasteiger partial charge in [0.15, 0.2) is 0 Å². The van der Waals surface area contributed by atoms with E-state index in [1.165, 1.54) is 12.8 Å². The maximum absolute atomic E-state index is 5.41. The van der Waals surface area contributed by atoms with Crippen LogP contribution in [-0.4, -0.2) is 145 Å². The molecule has 0 amide bonds. The molecule has 0 bridgehead atoms. The van der Waals surface area contributed by atoms with E-state index in [4.69, 9.17) is 58.8 Å². The van der Waals surface area contributed by atoms with Crippen LogP contribution in [0.5, 0.6) is 0 Å². The normalized spacial score (nSPS) is 11.1. The van der Waals surface area contributed by atoms with Gasteiger partial charge in [-0.3, -0.25) is 0 Å². The molecule has 0 saturated heterocycles. The fourth-order valence-corrected chi connectivity index (χ4v) is 2.73. The second-order valence-electron chi connectivity index (χ2n) is 8.41. The van der Waals surface area contributed by atoms with Crippen molar-refractivity contribution in [3.05, 3.63) is 0 Å². The van der Waals surface area contributed by atoms with E-state index in [-0.39, 0.29) is 0 Å². The van der Waals surface area contributed by atoms with Crippen molar-refractivity contribution < 1.29 is 47.4 Å². The largest absolute Gasteiger partial charge is 0.379 e. The first kappa shape index (κ1) is 41.7. The number of rotatable bonds is 34. The Morgan fingerprint density at radius 3 is 0.775 bits per heavy atom. The third-order valence-corrected chi connectivity index (χ3v) is 4.74. The van der Waals surface area contributed by atoms with E-state index in [0.717, 1.165) is 26.1 Å². The summed E-state index contributed by atoms with van der Waals surface area (Å²) >= 11 is 0. The minimum atomic E-state index is 0.542. The molecule has 0 aromatic heterocycles. The SMILES string of the molecule is CCCCCOCCOCCOCCOCCN.CCCOCCOCCOCCOCCOCCOCCN. The highest BCUT2D eigenvalue weighted by molar-refractivity contribution is 4.39. The van der Waals surface area contributed by atoms with Crippen LogP contribution in [0.2, 0.25) is 0 Å². The Bertz CT molecular complexity index is 379. The zero-order valence-electron chi connectivity index (χ0n) is 25.6. The number of ether oxygens (including phenoxy) is 10. The van der Waals surface area contributed by atoms with Crippen molar-refractivity contribution in [1.82, 2.24) is 0 Å². The molecule has 0 radical (unpaired) electrons. The van der Waals surface area contributed by atoms with Gasteiger partial charge in [0.25, 0.3) is 0 Å². The molecule has 0 saturated carbocycles. The summed E-state index contributed by atoms with van der Waals surface area (Å²) in [4.78, 5) is 0. The van der Waals surface area contributed by atoms with Crippen molar-refractivity contribution >= 4 is 0 Å². The molecule has 0 aromatic carbocycles. The Kier molecular flexibility index (Phi) is 44.8. The molecule has 12 nitrogen and oxygen atoms in total. The monoisotopic (exact) mass is 586 g/mol. The van der Waals surface area contributed by atoms with Gasteiger partial charge in [-0.1, -0.05) is 26.7 Å². The molecular formula is C28H62N2O10. The van der Waals surface area contributed by atoms with Gasteiger partial charge in [-0.15, -0.1) is 0 Å². The van der Waals surface area contributed by atoms with E-state index in [1.807, 2.05) is 0 Å². The van der Waals surface area contributed by atoms with Gasteiger partial charge in [0, 0.05) is 26.3 Å². The summed E-state index contributed by atoms with van der Waals surface area (Å²) in [7, 11) is 0. The van der Waals surface area contributed by atoms with Crippen LogP contribution >= 0.6 is 0 Å². The molecule has 0 unspecified atom stereocenters. The lowest BCUT2D eigenvalue weighted by Gasteiger charge is -2.08. The lowest BCUT2D eigenvalue weighted by atomic mass is 10.3. The molecule has 0 spiro atoms. The van der Waals surface area contributed by atoms with Crippen LogP contribution in [0.1, 0.15) is 39.5 Å². The highest BCUT2D eigenvalue weighted by Gasteiger charge is 1.94. The van der Waals surface area contributed by atoms with Gasteiger partial charge in [-0.2, -0.15) is 0 Å². The molecule has 0 fully saturated rings. The van der Waals surface area contributed by atoms with E-state index >= 15 is 0 Å². The van der Waals surface area contributed by atoms with Crippen LogP contribution in [0.15, 0.2) is 0 Å². The zero-order valence-corrected chi connectivity index (χ0v) is 25.6. The Morgan fingerprint density at radius 2 is 0.525 bits per heavy atom. The Labute approximate surface area is 243 Å². The van der Waals surface area contributed by atoms with Crippen molar-refractivity contribution in [2.75, 3.05) is 145 Å². The number of hydrogen-bond donors (Lipinski definition) is 2. The van der Waals surface area contributed by atoms with Gasteiger partial charge in [0.2, 0.25) is 0 Å². The molecule has 40 heavy (non-hydrogen) atoms. The number of nitrogens with two attached hydrogens (primary N) is 2.